The van der Waals surface area contributed by atoms with Crippen molar-refractivity contribution in [1.82, 2.24) is 0 Å². The van der Waals surface area contributed by atoms with E-state index in [0.717, 1.165) is 24.3 Å². The molecule has 14 heavy (non-hydrogen) atoms. The van der Waals surface area contributed by atoms with Crippen LogP contribution in [-0.4, -0.2) is 12.3 Å². The molecule has 0 aromatic heterocycles. The summed E-state index contributed by atoms with van der Waals surface area (Å²) in [6.07, 6.45) is 7.27. The minimum atomic E-state index is 0.662. The first-order valence-electron chi connectivity index (χ1n) is 5.32. The van der Waals surface area contributed by atoms with Gasteiger partial charge in [-0.1, -0.05) is 32.9 Å². The maximum Gasteiger partial charge on any atom is 0.0551 e. The van der Waals surface area contributed by atoms with E-state index in [0.29, 0.717) is 6.54 Å². The molecule has 0 bridgehead atoms. The summed E-state index contributed by atoms with van der Waals surface area (Å²) in [6, 6.07) is 0. The SMILES string of the molecule is C=CC(=C)N=C(CCN)CCCCC. The summed E-state index contributed by atoms with van der Waals surface area (Å²) in [5.74, 6) is 0. The summed E-state index contributed by atoms with van der Waals surface area (Å²) in [5, 5.41) is 0. The van der Waals surface area contributed by atoms with Gasteiger partial charge in [0, 0.05) is 5.71 Å². The standard InChI is InChI=1S/C12H22N2/c1-4-6-7-8-12(9-10-13)14-11(3)5-2/h5H,2-4,6-10,13H2,1H3. The highest BCUT2D eigenvalue weighted by molar-refractivity contribution is 5.85. The third-order valence-electron chi connectivity index (χ3n) is 2.04. The van der Waals surface area contributed by atoms with Gasteiger partial charge in [0.2, 0.25) is 0 Å². The first-order valence-corrected chi connectivity index (χ1v) is 5.32. The Labute approximate surface area is 87.6 Å². The van der Waals surface area contributed by atoms with Crippen LogP contribution in [0.2, 0.25) is 0 Å². The Kier molecular flexibility index (Phi) is 8.14. The lowest BCUT2D eigenvalue weighted by Gasteiger charge is -2.04. The fourth-order valence-corrected chi connectivity index (χ4v) is 1.23. The molecule has 0 aromatic carbocycles. The molecule has 0 atom stereocenters. The molecule has 2 nitrogen and oxygen atoms in total. The smallest absolute Gasteiger partial charge is 0.0551 e. The molecule has 0 aromatic rings. The van der Waals surface area contributed by atoms with Crippen LogP contribution in [0.25, 0.3) is 0 Å². The Bertz CT molecular complexity index is 204. The third-order valence-corrected chi connectivity index (χ3v) is 2.04. The number of hydrogen-bond donors (Lipinski definition) is 1. The highest BCUT2D eigenvalue weighted by Crippen LogP contribution is 2.06. The average molecular weight is 194 g/mol. The van der Waals surface area contributed by atoms with Crippen LogP contribution in [0.15, 0.2) is 29.9 Å². The van der Waals surface area contributed by atoms with Gasteiger partial charge in [0.05, 0.1) is 5.70 Å². The molecular formula is C12H22N2. The molecule has 2 heteroatoms. The van der Waals surface area contributed by atoms with E-state index in [1.807, 2.05) is 0 Å². The topological polar surface area (TPSA) is 38.4 Å². The predicted molar refractivity (Wildman–Crippen MR) is 64.6 cm³/mol. The van der Waals surface area contributed by atoms with Gasteiger partial charge in [-0.3, -0.25) is 4.99 Å². The lowest BCUT2D eigenvalue weighted by molar-refractivity contribution is 0.735. The van der Waals surface area contributed by atoms with E-state index in [-0.39, 0.29) is 0 Å². The monoisotopic (exact) mass is 194 g/mol. The van der Waals surface area contributed by atoms with Gasteiger partial charge in [0.25, 0.3) is 0 Å². The van der Waals surface area contributed by atoms with Gasteiger partial charge in [-0.05, 0) is 31.9 Å². The van der Waals surface area contributed by atoms with E-state index in [4.69, 9.17) is 5.73 Å². The number of unbranched alkanes of at least 4 members (excludes halogenated alkanes) is 2. The van der Waals surface area contributed by atoms with Crippen molar-refractivity contribution in [2.45, 2.75) is 39.0 Å². The minimum Gasteiger partial charge on any atom is -0.330 e. The van der Waals surface area contributed by atoms with Crippen molar-refractivity contribution in [3.63, 3.8) is 0 Å². The van der Waals surface area contributed by atoms with Crippen LogP contribution >= 0.6 is 0 Å². The maximum absolute atomic E-state index is 5.51. The van der Waals surface area contributed by atoms with Crippen LogP contribution in [0.1, 0.15) is 39.0 Å². The molecule has 0 aliphatic heterocycles. The minimum absolute atomic E-state index is 0.662. The highest BCUT2D eigenvalue weighted by Gasteiger charge is 1.98. The van der Waals surface area contributed by atoms with Crippen molar-refractivity contribution < 1.29 is 0 Å². The number of aliphatic imine (C=N–C) groups is 1. The van der Waals surface area contributed by atoms with E-state index in [2.05, 4.69) is 25.1 Å². The van der Waals surface area contributed by atoms with Crippen molar-refractivity contribution in [2.75, 3.05) is 6.54 Å². The molecule has 0 unspecified atom stereocenters. The summed E-state index contributed by atoms with van der Waals surface area (Å²) in [4.78, 5) is 4.38. The first kappa shape index (κ1) is 13.1. The fraction of sp³-hybridized carbons (Fsp3) is 0.583. The highest BCUT2D eigenvalue weighted by atomic mass is 14.8. The van der Waals surface area contributed by atoms with Crippen molar-refractivity contribution >= 4 is 5.71 Å². The molecule has 0 saturated carbocycles. The van der Waals surface area contributed by atoms with Gasteiger partial charge in [-0.15, -0.1) is 0 Å². The Morgan fingerprint density at radius 2 is 2.07 bits per heavy atom. The molecule has 0 aliphatic carbocycles. The van der Waals surface area contributed by atoms with Crippen LogP contribution in [0.5, 0.6) is 0 Å². The quantitative estimate of drug-likeness (QED) is 0.360. The number of hydrogen-bond acceptors (Lipinski definition) is 2. The zero-order chi connectivity index (χ0) is 10.8. The lowest BCUT2D eigenvalue weighted by Crippen LogP contribution is -2.08. The molecular weight excluding hydrogens is 172 g/mol. The molecule has 0 heterocycles. The van der Waals surface area contributed by atoms with Gasteiger partial charge >= 0.3 is 0 Å². The molecule has 0 rings (SSSR count). The normalized spacial score (nSPS) is 11.4. The zero-order valence-corrected chi connectivity index (χ0v) is 9.26. The van der Waals surface area contributed by atoms with Crippen LogP contribution < -0.4 is 5.73 Å². The molecule has 0 saturated heterocycles. The van der Waals surface area contributed by atoms with E-state index < -0.39 is 0 Å². The summed E-state index contributed by atoms with van der Waals surface area (Å²) in [6.45, 7) is 10.3. The molecule has 0 fully saturated rings. The van der Waals surface area contributed by atoms with Crippen molar-refractivity contribution in [3.05, 3.63) is 24.9 Å². The average Bonchev–Trinajstić information content (AvgIpc) is 2.18. The van der Waals surface area contributed by atoms with Crippen molar-refractivity contribution in [2.24, 2.45) is 10.7 Å². The maximum atomic E-state index is 5.51. The van der Waals surface area contributed by atoms with Crippen molar-refractivity contribution in [3.8, 4) is 0 Å². The van der Waals surface area contributed by atoms with Gasteiger partial charge < -0.3 is 5.73 Å². The Balaban J connectivity index is 4.06. The molecule has 80 valence electrons. The Morgan fingerprint density at radius 1 is 1.36 bits per heavy atom. The van der Waals surface area contributed by atoms with E-state index in [1.54, 1.807) is 6.08 Å². The zero-order valence-electron chi connectivity index (χ0n) is 9.26. The summed E-state index contributed by atoms with van der Waals surface area (Å²) in [5.41, 5.74) is 7.41. The lowest BCUT2D eigenvalue weighted by atomic mass is 10.1. The number of nitrogens with zero attached hydrogens (tertiary/aromatic N) is 1. The number of nitrogens with two attached hydrogens (primary N) is 1. The second-order valence-corrected chi connectivity index (χ2v) is 3.37. The van der Waals surface area contributed by atoms with Crippen LogP contribution in [0.3, 0.4) is 0 Å². The Hall–Kier alpha value is -0.890. The molecule has 0 aliphatic rings. The van der Waals surface area contributed by atoms with Gasteiger partial charge in [-0.2, -0.15) is 0 Å². The van der Waals surface area contributed by atoms with E-state index in [1.165, 1.54) is 19.3 Å². The fourth-order valence-electron chi connectivity index (χ4n) is 1.23. The van der Waals surface area contributed by atoms with Crippen LogP contribution in [0, 0.1) is 0 Å². The second kappa shape index (κ2) is 8.70. The van der Waals surface area contributed by atoms with Gasteiger partial charge in [0.15, 0.2) is 0 Å². The predicted octanol–water partition coefficient (Wildman–Crippen LogP) is 3.06. The van der Waals surface area contributed by atoms with Gasteiger partial charge in [0.1, 0.15) is 0 Å². The summed E-state index contributed by atoms with van der Waals surface area (Å²) < 4.78 is 0. The van der Waals surface area contributed by atoms with Gasteiger partial charge in [-0.25, -0.2) is 0 Å². The summed E-state index contributed by atoms with van der Waals surface area (Å²) in [7, 11) is 0. The molecule has 2 N–H and O–H groups in total. The van der Waals surface area contributed by atoms with E-state index in [9.17, 15) is 0 Å². The molecule has 0 radical (unpaired) electrons. The summed E-state index contributed by atoms with van der Waals surface area (Å²) >= 11 is 0. The largest absolute Gasteiger partial charge is 0.330 e. The Morgan fingerprint density at radius 3 is 2.57 bits per heavy atom. The second-order valence-electron chi connectivity index (χ2n) is 3.37. The molecule has 0 spiro atoms. The number of rotatable bonds is 8. The molecule has 0 amide bonds. The van der Waals surface area contributed by atoms with E-state index >= 15 is 0 Å². The van der Waals surface area contributed by atoms with Crippen LogP contribution in [0.4, 0.5) is 0 Å². The third kappa shape index (κ3) is 6.61. The van der Waals surface area contributed by atoms with Crippen molar-refractivity contribution in [1.29, 1.82) is 0 Å². The first-order chi connectivity index (χ1) is 6.74. The number of allylic oxidation sites excluding steroid dienone is 1. The van der Waals surface area contributed by atoms with Crippen LogP contribution in [-0.2, 0) is 0 Å².